The summed E-state index contributed by atoms with van der Waals surface area (Å²) in [5, 5.41) is 10.5. The first-order chi connectivity index (χ1) is 17.0. The van der Waals surface area contributed by atoms with Crippen LogP contribution >= 0.6 is 0 Å². The standard InChI is InChI=1S/C27H35N5O4/c1-8-31(26(34)28-21-13-12-20(35-6)15-22(21)36-7)17-25(33)29-24-16-23(27(3,4)5)30-32(24)19-11-9-10-18(2)14-19/h9-16H,8,17H2,1-7H3,(H,28,34)(H,29,33). The number of urea groups is 1. The molecule has 2 N–H and O–H groups in total. The van der Waals surface area contributed by atoms with E-state index in [1.165, 1.54) is 12.0 Å². The molecule has 0 unspecified atom stereocenters. The summed E-state index contributed by atoms with van der Waals surface area (Å²) in [4.78, 5) is 27.4. The van der Waals surface area contributed by atoms with Crippen molar-refractivity contribution in [3.63, 3.8) is 0 Å². The first-order valence-corrected chi connectivity index (χ1v) is 11.8. The Morgan fingerprint density at radius 3 is 2.39 bits per heavy atom. The molecule has 2 aromatic carbocycles. The number of methoxy groups -OCH3 is 2. The maximum Gasteiger partial charge on any atom is 0.322 e. The lowest BCUT2D eigenvalue weighted by Crippen LogP contribution is -2.40. The van der Waals surface area contributed by atoms with Gasteiger partial charge >= 0.3 is 6.03 Å². The predicted octanol–water partition coefficient (Wildman–Crippen LogP) is 4.99. The maximum atomic E-state index is 13.0. The smallest absolute Gasteiger partial charge is 0.322 e. The van der Waals surface area contributed by atoms with Crippen molar-refractivity contribution in [1.29, 1.82) is 0 Å². The molecule has 0 aliphatic carbocycles. The molecule has 1 aromatic heterocycles. The van der Waals surface area contributed by atoms with Crippen molar-refractivity contribution in [2.24, 2.45) is 0 Å². The van der Waals surface area contributed by atoms with E-state index in [0.29, 0.717) is 29.5 Å². The Hall–Kier alpha value is -4.01. The molecule has 0 spiro atoms. The summed E-state index contributed by atoms with van der Waals surface area (Å²) in [5.74, 6) is 1.28. The second kappa shape index (κ2) is 11.2. The van der Waals surface area contributed by atoms with Crippen LogP contribution in [0.1, 0.15) is 39.0 Å². The lowest BCUT2D eigenvalue weighted by molar-refractivity contribution is -0.116. The predicted molar refractivity (Wildman–Crippen MR) is 141 cm³/mol. The second-order valence-corrected chi connectivity index (χ2v) is 9.47. The van der Waals surface area contributed by atoms with Crippen LogP contribution in [0.15, 0.2) is 48.5 Å². The van der Waals surface area contributed by atoms with E-state index in [2.05, 4.69) is 31.4 Å². The Kier molecular flexibility index (Phi) is 8.24. The fourth-order valence-electron chi connectivity index (χ4n) is 3.57. The van der Waals surface area contributed by atoms with Gasteiger partial charge in [0.05, 0.1) is 31.3 Å². The van der Waals surface area contributed by atoms with Crippen molar-refractivity contribution in [3.05, 3.63) is 59.8 Å². The molecule has 3 amide bonds. The van der Waals surface area contributed by atoms with E-state index >= 15 is 0 Å². The molecule has 0 aliphatic heterocycles. The second-order valence-electron chi connectivity index (χ2n) is 9.47. The van der Waals surface area contributed by atoms with E-state index in [1.54, 1.807) is 30.0 Å². The highest BCUT2D eigenvalue weighted by atomic mass is 16.5. The third kappa shape index (κ3) is 6.35. The number of nitrogens with zero attached hydrogens (tertiary/aromatic N) is 3. The largest absolute Gasteiger partial charge is 0.497 e. The minimum atomic E-state index is -0.418. The fraction of sp³-hybridized carbons (Fsp3) is 0.370. The number of ether oxygens (including phenoxy) is 2. The molecular weight excluding hydrogens is 458 g/mol. The van der Waals surface area contributed by atoms with E-state index < -0.39 is 6.03 Å². The number of aromatic nitrogens is 2. The fourth-order valence-corrected chi connectivity index (χ4v) is 3.57. The summed E-state index contributed by atoms with van der Waals surface area (Å²) in [5.41, 5.74) is 3.05. The SMILES string of the molecule is CCN(CC(=O)Nc1cc(C(C)(C)C)nn1-c1cccc(C)c1)C(=O)Nc1ccc(OC)cc1OC. The third-order valence-electron chi connectivity index (χ3n) is 5.65. The summed E-state index contributed by atoms with van der Waals surface area (Å²) in [7, 11) is 3.07. The monoisotopic (exact) mass is 493 g/mol. The number of aryl methyl sites for hydroxylation is 1. The van der Waals surface area contributed by atoms with Crippen LogP contribution in [0.3, 0.4) is 0 Å². The van der Waals surface area contributed by atoms with Crippen LogP contribution in [0.25, 0.3) is 5.69 Å². The van der Waals surface area contributed by atoms with Crippen molar-refractivity contribution in [2.45, 2.75) is 40.0 Å². The molecule has 3 rings (SSSR count). The Balaban J connectivity index is 1.78. The van der Waals surface area contributed by atoms with Crippen LogP contribution in [0.2, 0.25) is 0 Å². The zero-order valence-electron chi connectivity index (χ0n) is 22.0. The van der Waals surface area contributed by atoms with Crippen LogP contribution in [0.4, 0.5) is 16.3 Å². The number of amides is 3. The lowest BCUT2D eigenvalue weighted by Gasteiger charge is -2.22. The molecule has 0 atom stereocenters. The molecule has 192 valence electrons. The van der Waals surface area contributed by atoms with Gasteiger partial charge in [-0.15, -0.1) is 0 Å². The van der Waals surface area contributed by atoms with Gasteiger partial charge in [-0.3, -0.25) is 4.79 Å². The molecular formula is C27H35N5O4. The number of carbonyl (C=O) groups excluding carboxylic acids is 2. The van der Waals surface area contributed by atoms with Crippen LogP contribution in [-0.2, 0) is 10.2 Å². The quantitative estimate of drug-likeness (QED) is 0.461. The van der Waals surface area contributed by atoms with Crippen LogP contribution in [0.5, 0.6) is 11.5 Å². The van der Waals surface area contributed by atoms with Gasteiger partial charge in [0.15, 0.2) is 0 Å². The first-order valence-electron chi connectivity index (χ1n) is 11.8. The van der Waals surface area contributed by atoms with E-state index in [1.807, 2.05) is 44.2 Å². The molecule has 0 bridgehead atoms. The lowest BCUT2D eigenvalue weighted by atomic mass is 9.92. The highest BCUT2D eigenvalue weighted by Gasteiger charge is 2.23. The van der Waals surface area contributed by atoms with Crippen LogP contribution in [-0.4, -0.2) is 53.9 Å². The number of hydrogen-bond donors (Lipinski definition) is 2. The van der Waals surface area contributed by atoms with Gasteiger partial charge in [0.25, 0.3) is 0 Å². The minimum Gasteiger partial charge on any atom is -0.497 e. The van der Waals surface area contributed by atoms with Crippen LogP contribution in [0, 0.1) is 6.92 Å². The maximum absolute atomic E-state index is 13.0. The topological polar surface area (TPSA) is 97.7 Å². The molecule has 1 heterocycles. The Morgan fingerprint density at radius 1 is 1.03 bits per heavy atom. The zero-order chi connectivity index (χ0) is 26.5. The van der Waals surface area contributed by atoms with E-state index in [4.69, 9.17) is 14.6 Å². The van der Waals surface area contributed by atoms with Crippen molar-refractivity contribution >= 4 is 23.4 Å². The van der Waals surface area contributed by atoms with Crippen molar-refractivity contribution < 1.29 is 19.1 Å². The van der Waals surface area contributed by atoms with E-state index in [-0.39, 0.29) is 17.9 Å². The third-order valence-corrected chi connectivity index (χ3v) is 5.65. The molecule has 0 saturated carbocycles. The van der Waals surface area contributed by atoms with Crippen LogP contribution < -0.4 is 20.1 Å². The molecule has 0 saturated heterocycles. The summed E-state index contributed by atoms with van der Waals surface area (Å²) in [6, 6.07) is 14.4. The van der Waals surface area contributed by atoms with Crippen molar-refractivity contribution in [3.8, 4) is 17.2 Å². The normalized spacial score (nSPS) is 11.1. The molecule has 36 heavy (non-hydrogen) atoms. The number of nitrogens with one attached hydrogen (secondary N) is 2. The van der Waals surface area contributed by atoms with Gasteiger partial charge in [-0.25, -0.2) is 9.48 Å². The average Bonchev–Trinajstić information content (AvgIpc) is 3.27. The van der Waals surface area contributed by atoms with Gasteiger partial charge in [0, 0.05) is 24.1 Å². The van der Waals surface area contributed by atoms with Gasteiger partial charge < -0.3 is 25.0 Å². The number of rotatable bonds is 8. The molecule has 3 aromatic rings. The summed E-state index contributed by atoms with van der Waals surface area (Å²) < 4.78 is 12.3. The van der Waals surface area contributed by atoms with Gasteiger partial charge in [-0.05, 0) is 43.7 Å². The first kappa shape index (κ1) is 26.6. The average molecular weight is 494 g/mol. The number of carbonyl (C=O) groups is 2. The summed E-state index contributed by atoms with van der Waals surface area (Å²) in [6.45, 7) is 10.2. The number of anilines is 2. The number of likely N-dealkylation sites (N-methyl/N-ethyl adjacent to an activating group) is 1. The molecule has 0 radical (unpaired) electrons. The van der Waals surface area contributed by atoms with E-state index in [9.17, 15) is 9.59 Å². The number of benzene rings is 2. The Bertz CT molecular complexity index is 1230. The van der Waals surface area contributed by atoms with Crippen molar-refractivity contribution in [2.75, 3.05) is 37.9 Å². The molecule has 0 fully saturated rings. The number of hydrogen-bond acceptors (Lipinski definition) is 5. The van der Waals surface area contributed by atoms with Gasteiger partial charge in [0.1, 0.15) is 23.9 Å². The molecule has 9 heteroatoms. The Labute approximate surface area is 212 Å². The van der Waals surface area contributed by atoms with Crippen molar-refractivity contribution in [1.82, 2.24) is 14.7 Å². The highest BCUT2D eigenvalue weighted by Crippen LogP contribution is 2.29. The highest BCUT2D eigenvalue weighted by molar-refractivity contribution is 5.97. The van der Waals surface area contributed by atoms with Gasteiger partial charge in [0.2, 0.25) is 5.91 Å². The van der Waals surface area contributed by atoms with Gasteiger partial charge in [-0.2, -0.15) is 5.10 Å². The summed E-state index contributed by atoms with van der Waals surface area (Å²) >= 11 is 0. The van der Waals surface area contributed by atoms with E-state index in [0.717, 1.165) is 16.9 Å². The minimum absolute atomic E-state index is 0.134. The molecule has 9 nitrogen and oxygen atoms in total. The van der Waals surface area contributed by atoms with Gasteiger partial charge in [-0.1, -0.05) is 32.9 Å². The summed E-state index contributed by atoms with van der Waals surface area (Å²) in [6.07, 6.45) is 0. The molecule has 0 aliphatic rings. The zero-order valence-corrected chi connectivity index (χ0v) is 22.0. The Morgan fingerprint density at radius 2 is 1.78 bits per heavy atom.